The lowest BCUT2D eigenvalue weighted by Gasteiger charge is -2.23. The van der Waals surface area contributed by atoms with Crippen molar-refractivity contribution in [3.05, 3.63) is 123 Å². The molecule has 0 heterocycles. The summed E-state index contributed by atoms with van der Waals surface area (Å²) in [6.07, 6.45) is 8.02. The lowest BCUT2D eigenvalue weighted by Crippen LogP contribution is -2.26. The van der Waals surface area contributed by atoms with Crippen molar-refractivity contribution in [1.82, 2.24) is 0 Å². The number of ether oxygens (including phenoxy) is 4. The lowest BCUT2D eigenvalue weighted by atomic mass is 9.89. The lowest BCUT2D eigenvalue weighted by molar-refractivity contribution is -0.147. The molecular formula is C39H40Br2O8. The fourth-order valence-corrected chi connectivity index (χ4v) is 6.03. The number of esters is 3. The maximum absolute atomic E-state index is 13.3. The minimum atomic E-state index is -0.679. The van der Waals surface area contributed by atoms with Crippen LogP contribution < -0.4 is 4.74 Å². The van der Waals surface area contributed by atoms with E-state index in [1.807, 2.05) is 44.2 Å². The fourth-order valence-electron chi connectivity index (χ4n) is 5.50. The van der Waals surface area contributed by atoms with Crippen LogP contribution in [0.4, 0.5) is 0 Å². The standard InChI is InChI=1S/C39H40Br2O8/c1-26(2)47-37(43)13-9-4-3-8-12-33-34(23-22-31(42)25-46-32-10-6-5-7-11-32)36(49-39(45)28-16-20-30(41)21-17-28)24-35(33)48-38(44)27-14-18-29(40)19-15-27/h3,5-8,10-11,14-23,26,33-36H,4,9,12-13,24-25H2,1-2H3/b8-3-,23-22+/t33-,34+,35+,36-/m1/s1. The number of carbonyl (C=O) groups excluding carboxylic acids is 4. The molecule has 0 spiro atoms. The van der Waals surface area contributed by atoms with Crippen LogP contribution >= 0.6 is 31.9 Å². The first-order valence-corrected chi connectivity index (χ1v) is 17.8. The van der Waals surface area contributed by atoms with Gasteiger partial charge in [0.25, 0.3) is 0 Å². The third kappa shape index (κ3) is 12.4. The molecule has 49 heavy (non-hydrogen) atoms. The van der Waals surface area contributed by atoms with E-state index in [4.69, 9.17) is 18.9 Å². The highest BCUT2D eigenvalue weighted by Gasteiger charge is 2.45. The number of allylic oxidation sites excluding steroid dienone is 2. The van der Waals surface area contributed by atoms with Crippen LogP contribution in [0.2, 0.25) is 0 Å². The maximum Gasteiger partial charge on any atom is 0.338 e. The first kappa shape index (κ1) is 37.8. The number of hydrogen-bond acceptors (Lipinski definition) is 8. The number of unbranched alkanes of at least 4 members (excludes halogenated alkanes) is 1. The molecule has 0 bridgehead atoms. The summed E-state index contributed by atoms with van der Waals surface area (Å²) in [5.74, 6) is -1.70. The van der Waals surface area contributed by atoms with Crippen molar-refractivity contribution in [3.63, 3.8) is 0 Å². The van der Waals surface area contributed by atoms with Crippen molar-refractivity contribution >= 4 is 55.6 Å². The first-order chi connectivity index (χ1) is 23.6. The van der Waals surface area contributed by atoms with Gasteiger partial charge in [-0.15, -0.1) is 0 Å². The molecule has 0 aliphatic heterocycles. The summed E-state index contributed by atoms with van der Waals surface area (Å²) in [7, 11) is 0. The molecule has 8 nitrogen and oxygen atoms in total. The molecule has 10 heteroatoms. The second kappa shape index (κ2) is 19.2. The topological polar surface area (TPSA) is 105 Å². The van der Waals surface area contributed by atoms with Gasteiger partial charge >= 0.3 is 17.9 Å². The van der Waals surface area contributed by atoms with Crippen molar-refractivity contribution in [3.8, 4) is 5.75 Å². The molecule has 4 atom stereocenters. The zero-order valence-electron chi connectivity index (χ0n) is 27.5. The number of carbonyl (C=O) groups is 4. The summed E-state index contributed by atoms with van der Waals surface area (Å²) in [4.78, 5) is 51.4. The SMILES string of the molecule is CC(C)OC(=O)CCC/C=C\C[C@@H]1[C@H](/C=C/C(=O)COc2ccccc2)[C@H](OC(=O)c2ccc(Br)cc2)C[C@@H]1OC(=O)c1ccc(Br)cc1. The zero-order chi connectivity index (χ0) is 35.2. The highest BCUT2D eigenvalue weighted by molar-refractivity contribution is 9.10. The first-order valence-electron chi connectivity index (χ1n) is 16.3. The molecule has 3 aromatic rings. The Morgan fingerprint density at radius 3 is 1.98 bits per heavy atom. The van der Waals surface area contributed by atoms with Gasteiger partial charge < -0.3 is 18.9 Å². The summed E-state index contributed by atoms with van der Waals surface area (Å²) in [5, 5.41) is 0. The second-order valence-electron chi connectivity index (χ2n) is 11.9. The van der Waals surface area contributed by atoms with Gasteiger partial charge in [0, 0.05) is 33.6 Å². The number of ketones is 1. The van der Waals surface area contributed by atoms with Gasteiger partial charge in [-0.25, -0.2) is 9.59 Å². The summed E-state index contributed by atoms with van der Waals surface area (Å²) >= 11 is 6.78. The van der Waals surface area contributed by atoms with Gasteiger partial charge in [0.1, 0.15) is 18.0 Å². The molecule has 1 aliphatic carbocycles. The van der Waals surface area contributed by atoms with E-state index in [0.717, 1.165) is 8.95 Å². The molecule has 0 aromatic heterocycles. The van der Waals surface area contributed by atoms with Gasteiger partial charge in [0.05, 0.1) is 17.2 Å². The van der Waals surface area contributed by atoms with Crippen molar-refractivity contribution in [2.24, 2.45) is 11.8 Å². The Hall–Kier alpha value is -4.02. The average Bonchev–Trinajstić information content (AvgIpc) is 3.39. The van der Waals surface area contributed by atoms with Crippen LogP contribution in [0.5, 0.6) is 5.75 Å². The molecule has 0 N–H and O–H groups in total. The molecule has 1 aliphatic rings. The van der Waals surface area contributed by atoms with Gasteiger partial charge in [-0.3, -0.25) is 9.59 Å². The van der Waals surface area contributed by atoms with Gasteiger partial charge in [-0.1, -0.05) is 68.3 Å². The number of para-hydroxylation sites is 1. The van der Waals surface area contributed by atoms with E-state index in [9.17, 15) is 19.2 Å². The molecule has 1 fully saturated rings. The van der Waals surface area contributed by atoms with Crippen LogP contribution in [0.3, 0.4) is 0 Å². The second-order valence-corrected chi connectivity index (χ2v) is 13.8. The fraction of sp³-hybridized carbons (Fsp3) is 0.333. The van der Waals surface area contributed by atoms with Crippen molar-refractivity contribution in [2.75, 3.05) is 6.61 Å². The normalized spacial score (nSPS) is 18.9. The summed E-state index contributed by atoms with van der Waals surface area (Å²) in [5.41, 5.74) is 0.766. The molecule has 0 saturated heterocycles. The Morgan fingerprint density at radius 1 is 0.796 bits per heavy atom. The Labute approximate surface area is 304 Å². The minimum absolute atomic E-state index is 0.157. The number of rotatable bonds is 16. The van der Waals surface area contributed by atoms with Gasteiger partial charge in [-0.05, 0) is 99.8 Å². The predicted octanol–water partition coefficient (Wildman–Crippen LogP) is 8.87. The third-order valence-corrected chi connectivity index (χ3v) is 8.92. The van der Waals surface area contributed by atoms with E-state index in [1.54, 1.807) is 66.7 Å². The van der Waals surface area contributed by atoms with Crippen molar-refractivity contribution < 1.29 is 38.1 Å². The minimum Gasteiger partial charge on any atom is -0.485 e. The molecule has 0 radical (unpaired) electrons. The molecule has 1 saturated carbocycles. The van der Waals surface area contributed by atoms with Crippen molar-refractivity contribution in [2.45, 2.75) is 64.3 Å². The maximum atomic E-state index is 13.3. The molecule has 258 valence electrons. The van der Waals surface area contributed by atoms with E-state index in [-0.39, 0.29) is 36.8 Å². The Balaban J connectivity index is 1.54. The van der Waals surface area contributed by atoms with Gasteiger partial charge in [-0.2, -0.15) is 0 Å². The predicted molar refractivity (Wildman–Crippen MR) is 193 cm³/mol. The quantitative estimate of drug-likeness (QED) is 0.0466. The van der Waals surface area contributed by atoms with E-state index >= 15 is 0 Å². The highest BCUT2D eigenvalue weighted by Crippen LogP contribution is 2.41. The summed E-state index contributed by atoms with van der Waals surface area (Å²) in [6, 6.07) is 22.8. The van der Waals surface area contributed by atoms with Crippen LogP contribution in [0.15, 0.2) is 112 Å². The highest BCUT2D eigenvalue weighted by atomic mass is 79.9. The molecule has 3 aromatic carbocycles. The van der Waals surface area contributed by atoms with Crippen LogP contribution in [0, 0.1) is 11.8 Å². The molecule has 4 rings (SSSR count). The monoisotopic (exact) mass is 794 g/mol. The van der Waals surface area contributed by atoms with Crippen LogP contribution in [0.1, 0.15) is 66.7 Å². The van der Waals surface area contributed by atoms with Gasteiger partial charge in [0.2, 0.25) is 0 Å². The molecule has 0 amide bonds. The van der Waals surface area contributed by atoms with E-state index in [0.29, 0.717) is 42.6 Å². The van der Waals surface area contributed by atoms with E-state index < -0.39 is 30.1 Å². The summed E-state index contributed by atoms with van der Waals surface area (Å²) in [6.45, 7) is 3.47. The van der Waals surface area contributed by atoms with Crippen LogP contribution in [-0.2, 0) is 23.8 Å². The largest absolute Gasteiger partial charge is 0.485 e. The number of benzene rings is 3. The molecule has 0 unspecified atom stereocenters. The van der Waals surface area contributed by atoms with E-state index in [1.165, 1.54) is 6.08 Å². The summed E-state index contributed by atoms with van der Waals surface area (Å²) < 4.78 is 24.6. The smallest absolute Gasteiger partial charge is 0.338 e. The van der Waals surface area contributed by atoms with Crippen LogP contribution in [-0.4, -0.2) is 48.6 Å². The Morgan fingerprint density at radius 2 is 1.39 bits per heavy atom. The van der Waals surface area contributed by atoms with Crippen molar-refractivity contribution in [1.29, 1.82) is 0 Å². The Kier molecular flexibility index (Phi) is 14.8. The number of halogens is 2. The van der Waals surface area contributed by atoms with Gasteiger partial charge in [0.15, 0.2) is 12.4 Å². The van der Waals surface area contributed by atoms with Crippen LogP contribution in [0.25, 0.3) is 0 Å². The van der Waals surface area contributed by atoms with E-state index in [2.05, 4.69) is 31.9 Å². The Bertz CT molecular complexity index is 1600. The third-order valence-electron chi connectivity index (χ3n) is 7.86. The number of hydrogen-bond donors (Lipinski definition) is 0. The average molecular weight is 797 g/mol. The zero-order valence-corrected chi connectivity index (χ0v) is 30.6. The molecular weight excluding hydrogens is 756 g/mol.